The standard InChI is InChI=1S/C4HCl2F7/c5-2(6,4(11,12)13)1(7)3(8,9)10/h1H. The van der Waals surface area contributed by atoms with Crippen molar-refractivity contribution in [2.45, 2.75) is 22.9 Å². The molecular formula is C4HCl2F7. The van der Waals surface area contributed by atoms with Crippen LogP contribution in [0.2, 0.25) is 0 Å². The van der Waals surface area contributed by atoms with Gasteiger partial charge in [0.25, 0.3) is 4.33 Å². The molecule has 0 aliphatic rings. The van der Waals surface area contributed by atoms with Gasteiger partial charge in [-0.1, -0.05) is 23.2 Å². The van der Waals surface area contributed by atoms with Crippen molar-refractivity contribution in [3.8, 4) is 0 Å². The summed E-state index contributed by atoms with van der Waals surface area (Å²) in [5.74, 6) is 0. The fourth-order valence-electron chi connectivity index (χ4n) is 0.349. The summed E-state index contributed by atoms with van der Waals surface area (Å²) in [5.41, 5.74) is 0. The summed E-state index contributed by atoms with van der Waals surface area (Å²) in [7, 11) is 0. The average Bonchev–Trinajstić information content (AvgIpc) is 1.81. The highest BCUT2D eigenvalue weighted by Crippen LogP contribution is 2.48. The maximum absolute atomic E-state index is 12.1. The summed E-state index contributed by atoms with van der Waals surface area (Å²) in [4.78, 5) is 0. The van der Waals surface area contributed by atoms with E-state index in [1.54, 1.807) is 0 Å². The first-order chi connectivity index (χ1) is 5.40. The predicted octanol–water partition coefficient (Wildman–Crippen LogP) is 3.62. The highest BCUT2D eigenvalue weighted by Gasteiger charge is 2.66. The highest BCUT2D eigenvalue weighted by atomic mass is 35.5. The van der Waals surface area contributed by atoms with E-state index in [1.807, 2.05) is 0 Å². The topological polar surface area (TPSA) is 0 Å². The van der Waals surface area contributed by atoms with Gasteiger partial charge in [0.05, 0.1) is 0 Å². The van der Waals surface area contributed by atoms with Gasteiger partial charge in [0.15, 0.2) is 0 Å². The van der Waals surface area contributed by atoms with Crippen molar-refractivity contribution in [2.24, 2.45) is 0 Å². The van der Waals surface area contributed by atoms with Gasteiger partial charge in [0.1, 0.15) is 0 Å². The van der Waals surface area contributed by atoms with E-state index in [2.05, 4.69) is 23.2 Å². The molecule has 0 aromatic rings. The zero-order chi connectivity index (χ0) is 11.1. The van der Waals surface area contributed by atoms with Crippen LogP contribution in [0.25, 0.3) is 0 Å². The van der Waals surface area contributed by atoms with Crippen molar-refractivity contribution >= 4 is 23.2 Å². The summed E-state index contributed by atoms with van der Waals surface area (Å²) in [6.45, 7) is 0. The molecule has 1 atom stereocenters. The molecule has 0 aromatic carbocycles. The lowest BCUT2D eigenvalue weighted by Gasteiger charge is -2.27. The third-order valence-corrected chi connectivity index (χ3v) is 1.80. The summed E-state index contributed by atoms with van der Waals surface area (Å²) >= 11 is 8.39. The monoisotopic (exact) mass is 252 g/mol. The lowest BCUT2D eigenvalue weighted by atomic mass is 10.2. The Labute approximate surface area is 77.6 Å². The first kappa shape index (κ1) is 13.1. The van der Waals surface area contributed by atoms with Crippen LogP contribution >= 0.6 is 23.2 Å². The molecule has 0 radical (unpaired) electrons. The van der Waals surface area contributed by atoms with Gasteiger partial charge in [-0.25, -0.2) is 4.39 Å². The SMILES string of the molecule is FC(C(F)(F)F)C(Cl)(Cl)C(F)(F)F. The molecule has 80 valence electrons. The van der Waals surface area contributed by atoms with Crippen LogP contribution in [-0.2, 0) is 0 Å². The van der Waals surface area contributed by atoms with Crippen molar-refractivity contribution in [3.63, 3.8) is 0 Å². The molecule has 0 aliphatic heterocycles. The Morgan fingerprint density at radius 1 is 0.846 bits per heavy atom. The van der Waals surface area contributed by atoms with Crippen LogP contribution in [0.15, 0.2) is 0 Å². The van der Waals surface area contributed by atoms with E-state index in [0.29, 0.717) is 0 Å². The van der Waals surface area contributed by atoms with E-state index in [1.165, 1.54) is 0 Å². The van der Waals surface area contributed by atoms with Crippen LogP contribution in [0, 0.1) is 0 Å². The van der Waals surface area contributed by atoms with Gasteiger partial charge >= 0.3 is 12.4 Å². The fourth-order valence-corrected chi connectivity index (χ4v) is 0.597. The van der Waals surface area contributed by atoms with E-state index < -0.39 is 22.9 Å². The maximum Gasteiger partial charge on any atom is 0.424 e. The molecule has 0 N–H and O–H groups in total. The average molecular weight is 253 g/mol. The molecule has 0 aliphatic carbocycles. The van der Waals surface area contributed by atoms with Crippen molar-refractivity contribution in [2.75, 3.05) is 0 Å². The minimum absolute atomic E-state index is 4.19. The molecule has 0 aromatic heterocycles. The Bertz CT molecular complexity index is 180. The van der Waals surface area contributed by atoms with Crippen molar-refractivity contribution < 1.29 is 30.7 Å². The molecule has 0 spiro atoms. The third kappa shape index (κ3) is 2.77. The van der Waals surface area contributed by atoms with Crippen molar-refractivity contribution in [1.29, 1.82) is 0 Å². The number of alkyl halides is 9. The van der Waals surface area contributed by atoms with Crippen molar-refractivity contribution in [3.05, 3.63) is 0 Å². The van der Waals surface area contributed by atoms with Gasteiger partial charge in [-0.2, -0.15) is 26.3 Å². The first-order valence-corrected chi connectivity index (χ1v) is 3.31. The lowest BCUT2D eigenvalue weighted by molar-refractivity contribution is -0.227. The molecule has 0 fully saturated rings. The Morgan fingerprint density at radius 2 is 1.15 bits per heavy atom. The van der Waals surface area contributed by atoms with E-state index >= 15 is 0 Å². The quantitative estimate of drug-likeness (QED) is 0.494. The summed E-state index contributed by atoms with van der Waals surface area (Å²) in [5, 5.41) is 0. The Morgan fingerprint density at radius 3 is 1.23 bits per heavy atom. The molecule has 0 saturated carbocycles. The number of hydrogen-bond acceptors (Lipinski definition) is 0. The second-order valence-electron chi connectivity index (χ2n) is 2.02. The normalized spacial score (nSPS) is 17.3. The van der Waals surface area contributed by atoms with Gasteiger partial charge in [-0.15, -0.1) is 0 Å². The van der Waals surface area contributed by atoms with Gasteiger partial charge < -0.3 is 0 Å². The summed E-state index contributed by atoms with van der Waals surface area (Å²) in [6.07, 6.45) is -15.8. The van der Waals surface area contributed by atoms with E-state index in [9.17, 15) is 30.7 Å². The predicted molar refractivity (Wildman–Crippen MR) is 31.4 cm³/mol. The number of halogens is 9. The number of rotatable bonds is 1. The van der Waals surface area contributed by atoms with E-state index in [4.69, 9.17) is 0 Å². The molecule has 0 bridgehead atoms. The fraction of sp³-hybridized carbons (Fsp3) is 1.00. The van der Waals surface area contributed by atoms with Gasteiger partial charge in [-0.05, 0) is 0 Å². The van der Waals surface area contributed by atoms with Crippen LogP contribution in [-0.4, -0.2) is 22.9 Å². The zero-order valence-electron chi connectivity index (χ0n) is 5.48. The Hall–Kier alpha value is 0.0900. The molecule has 0 amide bonds. The molecule has 0 saturated heterocycles. The minimum Gasteiger partial charge on any atom is -0.234 e. The van der Waals surface area contributed by atoms with Crippen LogP contribution < -0.4 is 0 Å². The highest BCUT2D eigenvalue weighted by molar-refractivity contribution is 6.49. The first-order valence-electron chi connectivity index (χ1n) is 2.56. The minimum atomic E-state index is -5.75. The summed E-state index contributed by atoms with van der Waals surface area (Å²) in [6, 6.07) is 0. The smallest absolute Gasteiger partial charge is 0.234 e. The van der Waals surface area contributed by atoms with Crippen LogP contribution in [0.1, 0.15) is 0 Å². The molecule has 0 heterocycles. The third-order valence-electron chi connectivity index (χ3n) is 0.984. The summed E-state index contributed by atoms with van der Waals surface area (Å²) < 4.78 is 76.7. The lowest BCUT2D eigenvalue weighted by Crippen LogP contribution is -2.49. The van der Waals surface area contributed by atoms with Gasteiger partial charge in [0, 0.05) is 0 Å². The largest absolute Gasteiger partial charge is 0.424 e. The van der Waals surface area contributed by atoms with Crippen LogP contribution in [0.3, 0.4) is 0 Å². The van der Waals surface area contributed by atoms with Gasteiger partial charge in [-0.3, -0.25) is 0 Å². The van der Waals surface area contributed by atoms with Crippen LogP contribution in [0.5, 0.6) is 0 Å². The Balaban J connectivity index is 4.86. The molecular weight excluding hydrogens is 252 g/mol. The van der Waals surface area contributed by atoms with Gasteiger partial charge in [0.2, 0.25) is 6.17 Å². The second kappa shape index (κ2) is 3.34. The molecule has 1 unspecified atom stereocenters. The molecule has 9 heteroatoms. The second-order valence-corrected chi connectivity index (χ2v) is 3.41. The molecule has 0 nitrogen and oxygen atoms in total. The van der Waals surface area contributed by atoms with Crippen LogP contribution in [0.4, 0.5) is 30.7 Å². The van der Waals surface area contributed by atoms with E-state index in [0.717, 1.165) is 0 Å². The number of hydrogen-bond donors (Lipinski definition) is 0. The zero-order valence-corrected chi connectivity index (χ0v) is 6.99. The molecule has 0 rings (SSSR count). The molecule has 13 heavy (non-hydrogen) atoms. The van der Waals surface area contributed by atoms with E-state index in [-0.39, 0.29) is 0 Å². The Kier molecular flexibility index (Phi) is 3.37. The van der Waals surface area contributed by atoms with Crippen molar-refractivity contribution in [1.82, 2.24) is 0 Å². The maximum atomic E-state index is 12.1.